The van der Waals surface area contributed by atoms with Gasteiger partial charge in [-0.2, -0.15) is 0 Å². The summed E-state index contributed by atoms with van der Waals surface area (Å²) in [5, 5.41) is 9.61. The third kappa shape index (κ3) is 7.24. The van der Waals surface area contributed by atoms with Gasteiger partial charge in [0.05, 0.1) is 6.61 Å². The average molecular weight is 319 g/mol. The minimum Gasteiger partial charge on any atom is -0.396 e. The summed E-state index contributed by atoms with van der Waals surface area (Å²) in [7, 11) is -1.76. The van der Waals surface area contributed by atoms with Gasteiger partial charge in [-0.3, -0.25) is 0 Å². The maximum Gasteiger partial charge on any atom is 0.190 e. The van der Waals surface area contributed by atoms with Gasteiger partial charge in [-0.1, -0.05) is 26.7 Å². The Balaban J connectivity index is 2.62. The highest BCUT2D eigenvalue weighted by molar-refractivity contribution is 6.71. The summed E-state index contributed by atoms with van der Waals surface area (Å²) >= 11 is 0. The Morgan fingerprint density at radius 3 is 2.57 bits per heavy atom. The second-order valence-corrected chi connectivity index (χ2v) is 10.9. The van der Waals surface area contributed by atoms with Crippen LogP contribution in [0.25, 0.3) is 0 Å². The zero-order valence-corrected chi connectivity index (χ0v) is 15.3. The molecule has 21 heavy (non-hydrogen) atoms. The number of unbranched alkanes of at least 4 members (excludes halogenated alkanes) is 1. The van der Waals surface area contributed by atoms with E-state index in [1.165, 1.54) is 12.8 Å². The van der Waals surface area contributed by atoms with E-state index in [-0.39, 0.29) is 25.1 Å². The molecule has 0 aromatic rings. The highest BCUT2D eigenvalue weighted by Gasteiger charge is 2.33. The van der Waals surface area contributed by atoms with Crippen LogP contribution in [0.2, 0.25) is 19.1 Å². The van der Waals surface area contributed by atoms with Crippen molar-refractivity contribution in [3.63, 3.8) is 0 Å². The van der Waals surface area contributed by atoms with Crippen molar-refractivity contribution in [1.29, 1.82) is 0 Å². The summed E-state index contributed by atoms with van der Waals surface area (Å²) in [6, 6.07) is 1.14. The SMILES string of the molecule is CCCC[Si](C)(C)OC(OC1CCCCO1)C(CC)CO. The highest BCUT2D eigenvalue weighted by Crippen LogP contribution is 2.26. The molecular formula is C16H34O4Si. The van der Waals surface area contributed by atoms with Crippen LogP contribution in [0.15, 0.2) is 0 Å². The molecule has 1 N–H and O–H groups in total. The molecular weight excluding hydrogens is 284 g/mol. The van der Waals surface area contributed by atoms with Crippen LogP contribution in [0.5, 0.6) is 0 Å². The molecule has 0 saturated carbocycles. The van der Waals surface area contributed by atoms with Crippen LogP contribution in [0.3, 0.4) is 0 Å². The topological polar surface area (TPSA) is 47.9 Å². The van der Waals surface area contributed by atoms with Crippen molar-refractivity contribution in [3.05, 3.63) is 0 Å². The molecule has 0 aromatic heterocycles. The largest absolute Gasteiger partial charge is 0.396 e. The average Bonchev–Trinajstić information content (AvgIpc) is 2.47. The van der Waals surface area contributed by atoms with E-state index < -0.39 is 8.32 Å². The first-order valence-corrected chi connectivity index (χ1v) is 11.7. The van der Waals surface area contributed by atoms with E-state index in [0.717, 1.165) is 38.3 Å². The third-order valence-corrected chi connectivity index (χ3v) is 6.56. The van der Waals surface area contributed by atoms with E-state index in [2.05, 4.69) is 26.9 Å². The Morgan fingerprint density at radius 2 is 2.05 bits per heavy atom. The van der Waals surface area contributed by atoms with Crippen LogP contribution in [0.4, 0.5) is 0 Å². The molecule has 3 atom stereocenters. The van der Waals surface area contributed by atoms with E-state index >= 15 is 0 Å². The minimum atomic E-state index is -1.76. The molecule has 4 nitrogen and oxygen atoms in total. The van der Waals surface area contributed by atoms with E-state index in [1.807, 2.05) is 0 Å². The Labute approximate surface area is 131 Å². The first kappa shape index (κ1) is 19.1. The normalized spacial score (nSPS) is 23.0. The molecule has 0 spiro atoms. The van der Waals surface area contributed by atoms with Gasteiger partial charge in [0.25, 0.3) is 0 Å². The van der Waals surface area contributed by atoms with Gasteiger partial charge in [0.2, 0.25) is 0 Å². The van der Waals surface area contributed by atoms with Gasteiger partial charge in [-0.15, -0.1) is 0 Å². The van der Waals surface area contributed by atoms with Crippen LogP contribution in [0, 0.1) is 5.92 Å². The molecule has 3 unspecified atom stereocenters. The molecule has 1 aliphatic rings. The molecule has 0 bridgehead atoms. The van der Waals surface area contributed by atoms with Crippen LogP contribution in [0.1, 0.15) is 52.4 Å². The number of rotatable bonds is 10. The zero-order valence-electron chi connectivity index (χ0n) is 14.3. The van der Waals surface area contributed by atoms with Crippen molar-refractivity contribution >= 4 is 8.32 Å². The minimum absolute atomic E-state index is 0.0314. The van der Waals surface area contributed by atoms with Gasteiger partial charge in [0.15, 0.2) is 20.9 Å². The Morgan fingerprint density at radius 1 is 1.29 bits per heavy atom. The molecule has 5 heteroatoms. The van der Waals surface area contributed by atoms with Gasteiger partial charge >= 0.3 is 0 Å². The van der Waals surface area contributed by atoms with Crippen molar-refractivity contribution < 1.29 is 19.0 Å². The van der Waals surface area contributed by atoms with Gasteiger partial charge in [0.1, 0.15) is 0 Å². The molecule has 0 aromatic carbocycles. The molecule has 126 valence electrons. The smallest absolute Gasteiger partial charge is 0.190 e. The fourth-order valence-electron chi connectivity index (χ4n) is 2.59. The van der Waals surface area contributed by atoms with Crippen LogP contribution < -0.4 is 0 Å². The Kier molecular flexibility index (Phi) is 9.05. The summed E-state index contributed by atoms with van der Waals surface area (Å²) in [5.74, 6) is 0.0314. The molecule has 1 heterocycles. The number of hydrogen-bond acceptors (Lipinski definition) is 4. The summed E-state index contributed by atoms with van der Waals surface area (Å²) in [5.41, 5.74) is 0. The van der Waals surface area contributed by atoms with Gasteiger partial charge in [-0.25, -0.2) is 0 Å². The monoisotopic (exact) mass is 318 g/mol. The van der Waals surface area contributed by atoms with Crippen molar-refractivity contribution in [2.24, 2.45) is 5.92 Å². The molecule has 0 aliphatic carbocycles. The van der Waals surface area contributed by atoms with E-state index in [1.54, 1.807) is 0 Å². The Bertz CT molecular complexity index is 263. The predicted molar refractivity (Wildman–Crippen MR) is 87.6 cm³/mol. The maximum absolute atomic E-state index is 9.61. The Hall–Kier alpha value is 0.0569. The summed E-state index contributed by atoms with van der Waals surface area (Å²) in [6.07, 6.45) is 5.92. The molecule has 0 radical (unpaired) electrons. The summed E-state index contributed by atoms with van der Waals surface area (Å²) < 4.78 is 18.1. The van der Waals surface area contributed by atoms with E-state index in [4.69, 9.17) is 13.9 Å². The third-order valence-electron chi connectivity index (χ3n) is 4.14. The standard InChI is InChI=1S/C16H34O4Si/c1-5-7-12-21(3,4)20-16(14(6-2)13-17)19-15-10-8-9-11-18-15/h14-17H,5-13H2,1-4H3. The van der Waals surface area contributed by atoms with Crippen LogP contribution in [-0.2, 0) is 13.9 Å². The molecule has 0 amide bonds. The van der Waals surface area contributed by atoms with E-state index in [9.17, 15) is 5.11 Å². The lowest BCUT2D eigenvalue weighted by Gasteiger charge is -2.36. The molecule has 1 aliphatic heterocycles. The highest BCUT2D eigenvalue weighted by atomic mass is 28.4. The van der Waals surface area contributed by atoms with Crippen molar-refractivity contribution in [1.82, 2.24) is 0 Å². The summed E-state index contributed by atoms with van der Waals surface area (Å²) in [6.45, 7) is 9.63. The molecule has 1 rings (SSSR count). The number of aliphatic hydroxyl groups is 1. The number of hydrogen-bond donors (Lipinski definition) is 1. The fourth-order valence-corrected chi connectivity index (χ4v) is 4.79. The quantitative estimate of drug-likeness (QED) is 0.490. The van der Waals surface area contributed by atoms with Crippen molar-refractivity contribution in [3.8, 4) is 0 Å². The summed E-state index contributed by atoms with van der Waals surface area (Å²) in [4.78, 5) is 0. The lowest BCUT2D eigenvalue weighted by molar-refractivity contribution is -0.252. The second kappa shape index (κ2) is 9.95. The van der Waals surface area contributed by atoms with Gasteiger partial charge in [0, 0.05) is 12.5 Å². The fraction of sp³-hybridized carbons (Fsp3) is 1.00. The first-order valence-electron chi connectivity index (χ1n) is 8.58. The van der Waals surface area contributed by atoms with Crippen LogP contribution >= 0.6 is 0 Å². The molecule has 1 fully saturated rings. The van der Waals surface area contributed by atoms with Crippen molar-refractivity contribution in [2.75, 3.05) is 13.2 Å². The maximum atomic E-state index is 9.61. The van der Waals surface area contributed by atoms with Crippen LogP contribution in [-0.4, -0.2) is 39.2 Å². The van der Waals surface area contributed by atoms with Gasteiger partial charge < -0.3 is 19.0 Å². The van der Waals surface area contributed by atoms with Crippen molar-refractivity contribution in [2.45, 2.75) is 84.1 Å². The lowest BCUT2D eigenvalue weighted by atomic mass is 10.1. The predicted octanol–water partition coefficient (Wildman–Crippen LogP) is 3.90. The number of ether oxygens (including phenoxy) is 2. The number of aliphatic hydroxyl groups excluding tert-OH is 1. The van der Waals surface area contributed by atoms with E-state index in [0.29, 0.717) is 0 Å². The molecule has 1 saturated heterocycles. The lowest BCUT2D eigenvalue weighted by Crippen LogP contribution is -2.43. The van der Waals surface area contributed by atoms with Gasteiger partial charge in [-0.05, 0) is 44.8 Å². The first-order chi connectivity index (χ1) is 10.0. The zero-order chi connectivity index (χ0) is 15.7. The second-order valence-electron chi connectivity index (χ2n) is 6.63.